The Balaban J connectivity index is 1.46. The summed E-state index contributed by atoms with van der Waals surface area (Å²) >= 11 is 0. The molecule has 0 spiro atoms. The number of benzene rings is 3. The molecule has 1 aliphatic heterocycles. The molecule has 0 saturated heterocycles. The Morgan fingerprint density at radius 3 is 2.30 bits per heavy atom. The van der Waals surface area contributed by atoms with E-state index in [9.17, 15) is 14.4 Å². The van der Waals surface area contributed by atoms with Gasteiger partial charge in [-0.3, -0.25) is 9.59 Å². The van der Waals surface area contributed by atoms with Gasteiger partial charge in [-0.25, -0.2) is 14.9 Å². The number of ketones is 1. The number of hydrogen-bond acceptors (Lipinski definition) is 8. The van der Waals surface area contributed by atoms with Crippen LogP contribution in [0.2, 0.25) is 0 Å². The van der Waals surface area contributed by atoms with E-state index in [0.717, 1.165) is 34.5 Å². The number of esters is 1. The van der Waals surface area contributed by atoms with Crippen LogP contribution in [0, 0.1) is 0 Å². The molecule has 1 unspecified atom stereocenters. The molecule has 3 aromatic carbocycles. The molecule has 5 aromatic rings. The summed E-state index contributed by atoms with van der Waals surface area (Å²) in [6, 6.07) is 24.7. The summed E-state index contributed by atoms with van der Waals surface area (Å²) in [5.41, 5.74) is 3.19. The number of nitrogens with zero attached hydrogens (tertiary/aromatic N) is 6. The molecule has 234 valence electrons. The number of amides is 1. The number of carbonyl (C=O) groups excluding carboxylic acids is 3. The van der Waals surface area contributed by atoms with E-state index in [1.54, 1.807) is 31.2 Å². The van der Waals surface area contributed by atoms with E-state index < -0.39 is 23.2 Å². The summed E-state index contributed by atoms with van der Waals surface area (Å²) in [6.07, 6.45) is 1.84. The van der Waals surface area contributed by atoms with Gasteiger partial charge < -0.3 is 14.2 Å². The maximum absolute atomic E-state index is 14.1. The first-order chi connectivity index (χ1) is 22.4. The minimum absolute atomic E-state index is 0.0551. The Labute approximate surface area is 266 Å². The predicted octanol–water partition coefficient (Wildman–Crippen LogP) is 4.78. The largest absolute Gasteiger partial charge is 0.464 e. The maximum atomic E-state index is 14.1. The minimum Gasteiger partial charge on any atom is -0.464 e. The van der Waals surface area contributed by atoms with E-state index in [-0.39, 0.29) is 13.2 Å². The summed E-state index contributed by atoms with van der Waals surface area (Å²) < 4.78 is 7.54. The van der Waals surface area contributed by atoms with Crippen molar-refractivity contribution in [1.29, 1.82) is 0 Å². The lowest BCUT2D eigenvalue weighted by Crippen LogP contribution is -2.63. The zero-order valence-electron chi connectivity index (χ0n) is 26.1. The summed E-state index contributed by atoms with van der Waals surface area (Å²) in [5.74, 6) is -0.351. The number of Topliss-reactive ketones (excluding diaryl/α,β-unsaturated/α-hetero) is 1. The lowest BCUT2D eigenvalue weighted by Gasteiger charge is -2.43. The number of fused-ring (bicyclic) bond motifs is 1. The molecule has 11 nitrogen and oxygen atoms in total. The fraction of sp³-hybridized carbons (Fsp3) is 0.286. The summed E-state index contributed by atoms with van der Waals surface area (Å²) in [6.45, 7) is 5.65. The monoisotopic (exact) mass is 617 g/mol. The van der Waals surface area contributed by atoms with Crippen LogP contribution in [0.25, 0.3) is 22.5 Å². The van der Waals surface area contributed by atoms with Crippen molar-refractivity contribution >= 4 is 17.7 Å². The second-order valence-corrected chi connectivity index (χ2v) is 11.2. The molecule has 1 amide bonds. The number of rotatable bonds is 10. The molecule has 0 fully saturated rings. The third kappa shape index (κ3) is 5.27. The number of aryl methyl sites for hydroxylation is 1. The molecular weight excluding hydrogens is 582 g/mol. The summed E-state index contributed by atoms with van der Waals surface area (Å²) in [4.78, 5) is 48.4. The number of tetrazole rings is 1. The molecule has 0 aliphatic carbocycles. The molecule has 11 heteroatoms. The SMILES string of the molecule is CCCc1nc2c(n1Cc1ccc(-c3ccccc3-c3nnn[nH]3)cc1)C(C(C)=O)(C(=O)OCC)N(C(=O)c1ccccc1)CC2. The van der Waals surface area contributed by atoms with Gasteiger partial charge in [0.1, 0.15) is 5.82 Å². The first-order valence-corrected chi connectivity index (χ1v) is 15.5. The van der Waals surface area contributed by atoms with Crippen molar-refractivity contribution in [3.63, 3.8) is 0 Å². The van der Waals surface area contributed by atoms with Crippen molar-refractivity contribution < 1.29 is 19.1 Å². The maximum Gasteiger partial charge on any atom is 0.346 e. The van der Waals surface area contributed by atoms with E-state index in [0.29, 0.717) is 42.2 Å². The molecule has 46 heavy (non-hydrogen) atoms. The third-order valence-electron chi connectivity index (χ3n) is 8.39. The van der Waals surface area contributed by atoms with E-state index in [2.05, 4.69) is 27.5 Å². The van der Waals surface area contributed by atoms with Crippen LogP contribution in [0.3, 0.4) is 0 Å². The molecule has 2 aromatic heterocycles. The highest BCUT2D eigenvalue weighted by Crippen LogP contribution is 2.40. The number of H-pyrrole nitrogens is 1. The smallest absolute Gasteiger partial charge is 0.346 e. The number of imidazole rings is 1. The van der Waals surface area contributed by atoms with Crippen molar-refractivity contribution in [3.8, 4) is 22.5 Å². The fourth-order valence-corrected chi connectivity index (χ4v) is 6.35. The molecule has 0 saturated carbocycles. The van der Waals surface area contributed by atoms with Crippen molar-refractivity contribution in [3.05, 3.63) is 107 Å². The first-order valence-electron chi connectivity index (χ1n) is 15.5. The minimum atomic E-state index is -1.99. The topological polar surface area (TPSA) is 136 Å². The molecule has 3 heterocycles. The van der Waals surface area contributed by atoms with Crippen LogP contribution in [0.1, 0.15) is 60.3 Å². The van der Waals surface area contributed by atoms with Crippen LogP contribution in [0.4, 0.5) is 0 Å². The van der Waals surface area contributed by atoms with Crippen molar-refractivity contribution in [2.75, 3.05) is 13.2 Å². The van der Waals surface area contributed by atoms with Gasteiger partial charge in [0.25, 0.3) is 5.91 Å². The van der Waals surface area contributed by atoms with Crippen LogP contribution in [0.15, 0.2) is 78.9 Å². The van der Waals surface area contributed by atoms with Crippen LogP contribution < -0.4 is 0 Å². The average molecular weight is 618 g/mol. The number of aromatic amines is 1. The van der Waals surface area contributed by atoms with Crippen molar-refractivity contribution in [1.82, 2.24) is 35.1 Å². The number of nitrogens with one attached hydrogen (secondary N) is 1. The lowest BCUT2D eigenvalue weighted by molar-refractivity contribution is -0.162. The van der Waals surface area contributed by atoms with Gasteiger partial charge in [0.05, 0.1) is 18.0 Å². The van der Waals surface area contributed by atoms with Gasteiger partial charge in [-0.1, -0.05) is 73.7 Å². The van der Waals surface area contributed by atoms with Crippen LogP contribution in [-0.2, 0) is 39.3 Å². The Kier molecular flexibility index (Phi) is 8.56. The van der Waals surface area contributed by atoms with E-state index in [1.807, 2.05) is 59.2 Å². The van der Waals surface area contributed by atoms with Crippen LogP contribution >= 0.6 is 0 Å². The number of hydrogen-bond donors (Lipinski definition) is 1. The van der Waals surface area contributed by atoms with E-state index in [4.69, 9.17) is 9.72 Å². The van der Waals surface area contributed by atoms with E-state index >= 15 is 0 Å². The Morgan fingerprint density at radius 1 is 0.935 bits per heavy atom. The fourth-order valence-electron chi connectivity index (χ4n) is 6.35. The third-order valence-corrected chi connectivity index (χ3v) is 8.39. The van der Waals surface area contributed by atoms with Gasteiger partial charge in [-0.2, -0.15) is 0 Å². The van der Waals surface area contributed by atoms with Crippen molar-refractivity contribution in [2.24, 2.45) is 0 Å². The molecule has 1 atom stereocenters. The molecule has 6 rings (SSSR count). The lowest BCUT2D eigenvalue weighted by atomic mass is 9.82. The summed E-state index contributed by atoms with van der Waals surface area (Å²) in [7, 11) is 0. The zero-order valence-corrected chi connectivity index (χ0v) is 26.1. The Morgan fingerprint density at radius 2 is 1.65 bits per heavy atom. The van der Waals surface area contributed by atoms with Gasteiger partial charge in [0.15, 0.2) is 11.6 Å². The Hall–Kier alpha value is -5.45. The average Bonchev–Trinajstić information content (AvgIpc) is 3.74. The number of carbonyl (C=O) groups is 3. The highest BCUT2D eigenvalue weighted by molar-refractivity contribution is 6.12. The van der Waals surface area contributed by atoms with Gasteiger partial charge >= 0.3 is 5.97 Å². The number of aromatic nitrogens is 6. The van der Waals surface area contributed by atoms with Gasteiger partial charge in [0, 0.05) is 37.1 Å². The second-order valence-electron chi connectivity index (χ2n) is 11.2. The highest BCUT2D eigenvalue weighted by atomic mass is 16.5. The quantitative estimate of drug-likeness (QED) is 0.175. The standard InChI is InChI=1S/C35H35N7O4/c1-4-11-30-36-29-20-21-42(33(44)26-12-7-6-8-13-26)35(23(3)43,34(45)46-5-2)31(29)41(30)22-24-16-18-25(19-17-24)27-14-9-10-15-28(27)32-37-39-40-38-32/h6-10,12-19H,4-5,11,20-22H2,1-3H3,(H,37,38,39,40). The first kappa shape index (κ1) is 30.6. The van der Waals surface area contributed by atoms with Gasteiger partial charge in [-0.15, -0.1) is 5.10 Å². The second kappa shape index (κ2) is 12.9. The van der Waals surface area contributed by atoms with Crippen LogP contribution in [-0.4, -0.2) is 65.9 Å². The molecule has 1 aliphatic rings. The normalized spacial score (nSPS) is 15.8. The van der Waals surface area contributed by atoms with Gasteiger partial charge in [-0.05, 0) is 59.5 Å². The zero-order chi connectivity index (χ0) is 32.3. The highest BCUT2D eigenvalue weighted by Gasteiger charge is 2.59. The number of ether oxygens (including phenoxy) is 1. The molecular formula is C35H35N7O4. The predicted molar refractivity (Wildman–Crippen MR) is 171 cm³/mol. The molecule has 1 N–H and O–H groups in total. The van der Waals surface area contributed by atoms with Crippen molar-refractivity contribution in [2.45, 2.75) is 52.1 Å². The Bertz CT molecular complexity index is 1870. The molecule has 0 radical (unpaired) electrons. The van der Waals surface area contributed by atoms with Crippen LogP contribution in [0.5, 0.6) is 0 Å². The molecule has 0 bridgehead atoms. The van der Waals surface area contributed by atoms with Gasteiger partial charge in [0.2, 0.25) is 5.54 Å². The van der Waals surface area contributed by atoms with E-state index in [1.165, 1.54) is 11.8 Å². The summed E-state index contributed by atoms with van der Waals surface area (Å²) in [5, 5.41) is 14.3.